The van der Waals surface area contributed by atoms with Crippen molar-refractivity contribution in [3.8, 4) is 11.4 Å². The standard InChI is InChI=1S/C13H13BrN2O3/c1-8-5-6-9(10(14)7-8)13-15-11(19-16-13)3-2-4-12(17)18/h5-7H,2-4H2,1H3,(H,17,18). The van der Waals surface area contributed by atoms with Gasteiger partial charge in [0.2, 0.25) is 11.7 Å². The molecule has 0 saturated heterocycles. The fraction of sp³-hybridized carbons (Fsp3) is 0.308. The molecule has 1 heterocycles. The Morgan fingerprint density at radius 3 is 2.95 bits per heavy atom. The van der Waals surface area contributed by atoms with E-state index in [0.29, 0.717) is 24.6 Å². The molecule has 100 valence electrons. The zero-order valence-electron chi connectivity index (χ0n) is 10.4. The second-order valence-corrected chi connectivity index (χ2v) is 5.10. The number of hydrogen-bond acceptors (Lipinski definition) is 4. The molecule has 0 aliphatic heterocycles. The van der Waals surface area contributed by atoms with E-state index in [-0.39, 0.29) is 6.42 Å². The van der Waals surface area contributed by atoms with Crippen molar-refractivity contribution in [3.63, 3.8) is 0 Å². The maximum atomic E-state index is 10.4. The molecule has 2 aromatic rings. The van der Waals surface area contributed by atoms with E-state index in [1.165, 1.54) is 0 Å². The molecular formula is C13H13BrN2O3. The van der Waals surface area contributed by atoms with Crippen LogP contribution in [0.25, 0.3) is 11.4 Å². The minimum absolute atomic E-state index is 0.103. The fourth-order valence-electron chi connectivity index (χ4n) is 1.66. The van der Waals surface area contributed by atoms with E-state index < -0.39 is 5.97 Å². The Morgan fingerprint density at radius 2 is 2.26 bits per heavy atom. The molecule has 19 heavy (non-hydrogen) atoms. The molecule has 0 fully saturated rings. The van der Waals surface area contributed by atoms with Crippen LogP contribution >= 0.6 is 15.9 Å². The summed E-state index contributed by atoms with van der Waals surface area (Å²) in [7, 11) is 0. The van der Waals surface area contributed by atoms with Gasteiger partial charge < -0.3 is 9.63 Å². The number of rotatable bonds is 5. The van der Waals surface area contributed by atoms with E-state index in [0.717, 1.165) is 15.6 Å². The molecule has 1 aromatic heterocycles. The molecule has 1 aromatic carbocycles. The minimum atomic E-state index is -0.819. The molecule has 0 amide bonds. The van der Waals surface area contributed by atoms with Crippen molar-refractivity contribution in [3.05, 3.63) is 34.1 Å². The number of halogens is 1. The van der Waals surface area contributed by atoms with Crippen molar-refractivity contribution >= 4 is 21.9 Å². The first-order valence-corrected chi connectivity index (χ1v) is 6.66. The maximum absolute atomic E-state index is 10.4. The number of hydrogen-bond donors (Lipinski definition) is 1. The molecule has 2 rings (SSSR count). The van der Waals surface area contributed by atoms with Crippen LogP contribution in [0.3, 0.4) is 0 Å². The highest BCUT2D eigenvalue weighted by molar-refractivity contribution is 9.10. The summed E-state index contributed by atoms with van der Waals surface area (Å²) >= 11 is 3.47. The SMILES string of the molecule is Cc1ccc(-c2noc(CCCC(=O)O)n2)c(Br)c1. The number of carbonyl (C=O) groups is 1. The Balaban J connectivity index is 2.10. The van der Waals surface area contributed by atoms with Gasteiger partial charge in [-0.05, 0) is 31.0 Å². The molecule has 0 radical (unpaired) electrons. The topological polar surface area (TPSA) is 76.2 Å². The van der Waals surface area contributed by atoms with Crippen LogP contribution < -0.4 is 0 Å². The molecule has 0 unspecified atom stereocenters. The molecule has 0 atom stereocenters. The highest BCUT2D eigenvalue weighted by Crippen LogP contribution is 2.27. The lowest BCUT2D eigenvalue weighted by molar-refractivity contribution is -0.137. The second-order valence-electron chi connectivity index (χ2n) is 4.24. The third-order valence-corrected chi connectivity index (χ3v) is 3.27. The van der Waals surface area contributed by atoms with Gasteiger partial charge in [-0.2, -0.15) is 4.98 Å². The highest BCUT2D eigenvalue weighted by atomic mass is 79.9. The number of aromatic nitrogens is 2. The zero-order chi connectivity index (χ0) is 13.8. The maximum Gasteiger partial charge on any atom is 0.303 e. The molecule has 0 saturated carbocycles. The van der Waals surface area contributed by atoms with Crippen LogP contribution in [0.2, 0.25) is 0 Å². The summed E-state index contributed by atoms with van der Waals surface area (Å²) in [6.45, 7) is 2.00. The van der Waals surface area contributed by atoms with Crippen molar-refractivity contribution in [2.75, 3.05) is 0 Å². The van der Waals surface area contributed by atoms with Gasteiger partial charge in [0.05, 0.1) is 0 Å². The number of aliphatic carboxylic acids is 1. The first kappa shape index (κ1) is 13.7. The van der Waals surface area contributed by atoms with Crippen molar-refractivity contribution in [2.45, 2.75) is 26.2 Å². The lowest BCUT2D eigenvalue weighted by Gasteiger charge is -1.99. The molecule has 0 spiro atoms. The minimum Gasteiger partial charge on any atom is -0.481 e. The lowest BCUT2D eigenvalue weighted by atomic mass is 10.1. The van der Waals surface area contributed by atoms with Crippen LogP contribution in [0, 0.1) is 6.92 Å². The van der Waals surface area contributed by atoms with E-state index in [2.05, 4.69) is 26.1 Å². The van der Waals surface area contributed by atoms with Gasteiger partial charge in [-0.25, -0.2) is 0 Å². The first-order chi connectivity index (χ1) is 9.06. The number of nitrogens with zero attached hydrogens (tertiary/aromatic N) is 2. The first-order valence-electron chi connectivity index (χ1n) is 5.87. The Bertz CT molecular complexity index is 595. The van der Waals surface area contributed by atoms with Crippen molar-refractivity contribution in [1.29, 1.82) is 0 Å². The molecule has 0 bridgehead atoms. The van der Waals surface area contributed by atoms with Gasteiger partial charge in [0.1, 0.15) is 0 Å². The van der Waals surface area contributed by atoms with E-state index in [9.17, 15) is 4.79 Å². The Morgan fingerprint density at radius 1 is 1.47 bits per heavy atom. The summed E-state index contributed by atoms with van der Waals surface area (Å²) in [5, 5.41) is 12.5. The van der Waals surface area contributed by atoms with Crippen LogP contribution in [0.1, 0.15) is 24.3 Å². The van der Waals surface area contributed by atoms with E-state index in [1.54, 1.807) is 0 Å². The summed E-state index contributed by atoms with van der Waals surface area (Å²) in [6, 6.07) is 5.88. The average molecular weight is 325 g/mol. The van der Waals surface area contributed by atoms with Crippen LogP contribution in [0.4, 0.5) is 0 Å². The smallest absolute Gasteiger partial charge is 0.303 e. The Kier molecular flexibility index (Phi) is 4.31. The van der Waals surface area contributed by atoms with Gasteiger partial charge in [-0.3, -0.25) is 4.79 Å². The van der Waals surface area contributed by atoms with E-state index in [1.807, 2.05) is 25.1 Å². The number of aryl methyl sites for hydroxylation is 2. The van der Waals surface area contributed by atoms with Gasteiger partial charge >= 0.3 is 5.97 Å². The molecule has 0 aliphatic carbocycles. The van der Waals surface area contributed by atoms with Crippen molar-refractivity contribution < 1.29 is 14.4 Å². The van der Waals surface area contributed by atoms with Gasteiger partial charge in [-0.1, -0.05) is 27.2 Å². The normalized spacial score (nSPS) is 10.6. The zero-order valence-corrected chi connectivity index (χ0v) is 12.0. The molecular weight excluding hydrogens is 312 g/mol. The van der Waals surface area contributed by atoms with E-state index >= 15 is 0 Å². The number of benzene rings is 1. The molecule has 5 nitrogen and oxygen atoms in total. The van der Waals surface area contributed by atoms with E-state index in [4.69, 9.17) is 9.63 Å². The third-order valence-electron chi connectivity index (χ3n) is 2.61. The summed E-state index contributed by atoms with van der Waals surface area (Å²) < 4.78 is 6.02. The Labute approximate surface area is 118 Å². The summed E-state index contributed by atoms with van der Waals surface area (Å²) in [5.74, 6) is 0.155. The second kappa shape index (κ2) is 5.97. The molecule has 1 N–H and O–H groups in total. The van der Waals surface area contributed by atoms with Gasteiger partial charge in [0.25, 0.3) is 0 Å². The largest absolute Gasteiger partial charge is 0.481 e. The number of carboxylic acids is 1. The highest BCUT2D eigenvalue weighted by Gasteiger charge is 2.11. The predicted molar refractivity (Wildman–Crippen MR) is 72.7 cm³/mol. The van der Waals surface area contributed by atoms with Gasteiger partial charge in [0.15, 0.2) is 0 Å². The number of carboxylic acid groups (broad SMARTS) is 1. The van der Waals surface area contributed by atoms with Gasteiger partial charge in [0, 0.05) is 22.9 Å². The van der Waals surface area contributed by atoms with Crippen LogP contribution in [0.15, 0.2) is 27.2 Å². The van der Waals surface area contributed by atoms with Crippen LogP contribution in [-0.4, -0.2) is 21.2 Å². The van der Waals surface area contributed by atoms with Crippen LogP contribution in [-0.2, 0) is 11.2 Å². The van der Waals surface area contributed by atoms with Crippen LogP contribution in [0.5, 0.6) is 0 Å². The monoisotopic (exact) mass is 324 g/mol. The van der Waals surface area contributed by atoms with Crippen molar-refractivity contribution in [2.24, 2.45) is 0 Å². The fourth-order valence-corrected chi connectivity index (χ4v) is 2.33. The molecule has 0 aliphatic rings. The van der Waals surface area contributed by atoms with Crippen molar-refractivity contribution in [1.82, 2.24) is 10.1 Å². The average Bonchev–Trinajstić information content (AvgIpc) is 2.77. The third kappa shape index (κ3) is 3.64. The summed E-state index contributed by atoms with van der Waals surface area (Å²) in [4.78, 5) is 14.7. The molecule has 6 heteroatoms. The summed E-state index contributed by atoms with van der Waals surface area (Å²) in [6.07, 6.45) is 1.07. The lowest BCUT2D eigenvalue weighted by Crippen LogP contribution is -1.96. The Hall–Kier alpha value is -1.69. The summed E-state index contributed by atoms with van der Waals surface area (Å²) in [5.41, 5.74) is 2.00. The predicted octanol–water partition coefficient (Wildman–Crippen LogP) is 3.21. The van der Waals surface area contributed by atoms with Gasteiger partial charge in [-0.15, -0.1) is 0 Å². The quantitative estimate of drug-likeness (QED) is 0.913.